The van der Waals surface area contributed by atoms with Crippen LogP contribution < -0.4 is 4.74 Å². The summed E-state index contributed by atoms with van der Waals surface area (Å²) >= 11 is 0. The second-order valence-electron chi connectivity index (χ2n) is 4.69. The van der Waals surface area contributed by atoms with Crippen molar-refractivity contribution in [2.75, 3.05) is 0 Å². The van der Waals surface area contributed by atoms with E-state index in [1.807, 2.05) is 13.8 Å². The van der Waals surface area contributed by atoms with Crippen molar-refractivity contribution in [2.45, 2.75) is 20.0 Å². The van der Waals surface area contributed by atoms with Gasteiger partial charge in [0, 0.05) is 0 Å². The molecule has 0 bridgehead atoms. The molecule has 0 aliphatic carbocycles. The Labute approximate surface area is 116 Å². The van der Waals surface area contributed by atoms with Gasteiger partial charge in [-0.2, -0.15) is 0 Å². The third-order valence-electron chi connectivity index (χ3n) is 2.75. The molecule has 0 atom stereocenters. The first kappa shape index (κ1) is 14.1. The van der Waals surface area contributed by atoms with Crippen molar-refractivity contribution in [3.63, 3.8) is 0 Å². The second-order valence-corrected chi connectivity index (χ2v) is 4.69. The summed E-state index contributed by atoms with van der Waals surface area (Å²) in [7, 11) is 0. The minimum Gasteiger partial charge on any atom is -0.491 e. The first-order chi connectivity index (χ1) is 9.47. The third kappa shape index (κ3) is 3.15. The third-order valence-corrected chi connectivity index (χ3v) is 2.75. The Balaban J connectivity index is 2.39. The molecule has 0 aliphatic heterocycles. The van der Waals surface area contributed by atoms with Crippen LogP contribution in [0, 0.1) is 5.82 Å². The summed E-state index contributed by atoms with van der Waals surface area (Å²) in [6.07, 6.45) is 0.0706. The number of hydrogen-bond acceptors (Lipinski definition) is 2. The zero-order valence-electron chi connectivity index (χ0n) is 11.3. The van der Waals surface area contributed by atoms with E-state index < -0.39 is 11.8 Å². The van der Waals surface area contributed by atoms with Crippen LogP contribution in [-0.2, 0) is 0 Å². The van der Waals surface area contributed by atoms with E-state index in [1.165, 1.54) is 12.1 Å². The van der Waals surface area contributed by atoms with Crippen molar-refractivity contribution in [3.05, 3.63) is 53.8 Å². The molecule has 0 saturated heterocycles. The van der Waals surface area contributed by atoms with E-state index in [1.54, 1.807) is 24.3 Å². The van der Waals surface area contributed by atoms with Crippen LogP contribution in [0.4, 0.5) is 4.39 Å². The average molecular weight is 274 g/mol. The van der Waals surface area contributed by atoms with E-state index in [9.17, 15) is 9.18 Å². The molecule has 0 radical (unpaired) electrons. The van der Waals surface area contributed by atoms with Crippen molar-refractivity contribution in [3.8, 4) is 16.9 Å². The van der Waals surface area contributed by atoms with Crippen molar-refractivity contribution in [1.82, 2.24) is 0 Å². The number of ether oxygens (including phenoxy) is 1. The van der Waals surface area contributed by atoms with Crippen LogP contribution in [0.15, 0.2) is 42.5 Å². The van der Waals surface area contributed by atoms with Gasteiger partial charge in [0.25, 0.3) is 0 Å². The quantitative estimate of drug-likeness (QED) is 0.917. The highest BCUT2D eigenvalue weighted by molar-refractivity contribution is 5.96. The molecule has 0 fully saturated rings. The summed E-state index contributed by atoms with van der Waals surface area (Å²) in [5, 5.41) is 9.13. The lowest BCUT2D eigenvalue weighted by molar-refractivity contribution is 0.0697. The fraction of sp³-hybridized carbons (Fsp3) is 0.188. The zero-order chi connectivity index (χ0) is 14.7. The van der Waals surface area contributed by atoms with Crippen LogP contribution >= 0.6 is 0 Å². The number of aromatic carboxylic acids is 1. The predicted octanol–water partition coefficient (Wildman–Crippen LogP) is 3.98. The molecule has 0 heterocycles. The van der Waals surface area contributed by atoms with Crippen LogP contribution in [0.2, 0.25) is 0 Å². The summed E-state index contributed by atoms with van der Waals surface area (Å²) < 4.78 is 18.7. The van der Waals surface area contributed by atoms with Gasteiger partial charge in [0.2, 0.25) is 0 Å². The van der Waals surface area contributed by atoms with E-state index in [2.05, 4.69) is 0 Å². The minimum absolute atomic E-state index is 0.0532. The van der Waals surface area contributed by atoms with E-state index in [-0.39, 0.29) is 11.7 Å². The monoisotopic (exact) mass is 274 g/mol. The molecule has 1 N–H and O–H groups in total. The molecule has 2 aromatic carbocycles. The first-order valence-corrected chi connectivity index (χ1v) is 6.27. The molecule has 0 aliphatic rings. The zero-order valence-corrected chi connectivity index (χ0v) is 11.3. The molecular formula is C16H15FO3. The van der Waals surface area contributed by atoms with E-state index >= 15 is 0 Å². The highest BCUT2D eigenvalue weighted by Crippen LogP contribution is 2.27. The Morgan fingerprint density at radius 3 is 2.35 bits per heavy atom. The highest BCUT2D eigenvalue weighted by Gasteiger charge is 2.13. The van der Waals surface area contributed by atoms with Gasteiger partial charge in [-0.25, -0.2) is 9.18 Å². The molecular weight excluding hydrogens is 259 g/mol. The molecule has 0 unspecified atom stereocenters. The van der Waals surface area contributed by atoms with Crippen LogP contribution in [0.5, 0.6) is 5.75 Å². The number of carbonyl (C=O) groups is 1. The highest BCUT2D eigenvalue weighted by atomic mass is 19.1. The molecule has 20 heavy (non-hydrogen) atoms. The summed E-state index contributed by atoms with van der Waals surface area (Å²) in [5.41, 5.74) is 1.14. The minimum atomic E-state index is -1.15. The van der Waals surface area contributed by atoms with Crippen molar-refractivity contribution in [2.24, 2.45) is 0 Å². The van der Waals surface area contributed by atoms with Gasteiger partial charge < -0.3 is 9.84 Å². The van der Waals surface area contributed by atoms with Crippen molar-refractivity contribution >= 4 is 5.97 Å². The summed E-state index contributed by atoms with van der Waals surface area (Å²) in [6, 6.07) is 10.8. The number of carboxylic acid groups (broad SMARTS) is 1. The van der Waals surface area contributed by atoms with Gasteiger partial charge in [-0.15, -0.1) is 0 Å². The van der Waals surface area contributed by atoms with Crippen LogP contribution in [0.1, 0.15) is 24.2 Å². The Kier molecular flexibility index (Phi) is 4.03. The molecule has 3 nitrogen and oxygen atoms in total. The van der Waals surface area contributed by atoms with Crippen molar-refractivity contribution < 1.29 is 19.0 Å². The maximum Gasteiger partial charge on any atom is 0.336 e. The van der Waals surface area contributed by atoms with Crippen molar-refractivity contribution in [1.29, 1.82) is 0 Å². The smallest absolute Gasteiger partial charge is 0.336 e. The van der Waals surface area contributed by atoms with E-state index in [0.29, 0.717) is 16.9 Å². The fourth-order valence-electron chi connectivity index (χ4n) is 1.93. The van der Waals surface area contributed by atoms with E-state index in [0.717, 1.165) is 6.07 Å². The standard InChI is InChI=1S/C16H15FO3/c1-10(2)20-13-6-3-11(4-7-13)14-8-5-12(17)9-15(14)16(18)19/h3-10H,1-2H3,(H,18,19). The molecule has 0 amide bonds. The van der Waals surface area contributed by atoms with Gasteiger partial charge >= 0.3 is 5.97 Å². The molecule has 0 saturated carbocycles. The van der Waals surface area contributed by atoms with Gasteiger partial charge in [0.1, 0.15) is 11.6 Å². The molecule has 2 aromatic rings. The maximum absolute atomic E-state index is 13.1. The van der Waals surface area contributed by atoms with Crippen LogP contribution in [0.25, 0.3) is 11.1 Å². The van der Waals surface area contributed by atoms with Crippen LogP contribution in [-0.4, -0.2) is 17.2 Å². The fourth-order valence-corrected chi connectivity index (χ4v) is 1.93. The predicted molar refractivity (Wildman–Crippen MR) is 74.6 cm³/mol. The van der Waals surface area contributed by atoms with Gasteiger partial charge in [0.05, 0.1) is 11.7 Å². The van der Waals surface area contributed by atoms with Gasteiger partial charge in [-0.1, -0.05) is 18.2 Å². The molecule has 104 valence electrons. The number of carboxylic acids is 1. The first-order valence-electron chi connectivity index (χ1n) is 6.27. The largest absolute Gasteiger partial charge is 0.491 e. The summed E-state index contributed by atoms with van der Waals surface area (Å²) in [5.74, 6) is -1.00. The molecule has 4 heteroatoms. The Morgan fingerprint density at radius 2 is 1.80 bits per heavy atom. The summed E-state index contributed by atoms with van der Waals surface area (Å²) in [4.78, 5) is 11.2. The SMILES string of the molecule is CC(C)Oc1ccc(-c2ccc(F)cc2C(=O)O)cc1. The lowest BCUT2D eigenvalue weighted by atomic mass is 9.99. The van der Waals surface area contributed by atoms with Gasteiger partial charge in [0.15, 0.2) is 0 Å². The van der Waals surface area contributed by atoms with E-state index in [4.69, 9.17) is 9.84 Å². The Hall–Kier alpha value is -2.36. The Morgan fingerprint density at radius 1 is 1.15 bits per heavy atom. The number of halogens is 1. The number of hydrogen-bond donors (Lipinski definition) is 1. The maximum atomic E-state index is 13.1. The van der Waals surface area contributed by atoms with Gasteiger partial charge in [-0.05, 0) is 49.2 Å². The number of rotatable bonds is 4. The lowest BCUT2D eigenvalue weighted by Crippen LogP contribution is -2.05. The van der Waals surface area contributed by atoms with Gasteiger partial charge in [-0.3, -0.25) is 0 Å². The van der Waals surface area contributed by atoms with Crippen LogP contribution in [0.3, 0.4) is 0 Å². The topological polar surface area (TPSA) is 46.5 Å². The molecule has 0 aromatic heterocycles. The second kappa shape index (κ2) is 5.74. The Bertz CT molecular complexity index is 618. The lowest BCUT2D eigenvalue weighted by Gasteiger charge is -2.11. The average Bonchev–Trinajstić information content (AvgIpc) is 2.39. The molecule has 0 spiro atoms. The summed E-state index contributed by atoms with van der Waals surface area (Å²) in [6.45, 7) is 3.85. The number of benzene rings is 2. The molecule has 2 rings (SSSR count). The normalized spacial score (nSPS) is 10.6.